The van der Waals surface area contributed by atoms with Crippen LogP contribution in [0.25, 0.3) is 22.3 Å². The Balaban J connectivity index is 2.28. The van der Waals surface area contributed by atoms with Crippen LogP contribution in [0.15, 0.2) is 35.3 Å². The lowest BCUT2D eigenvalue weighted by atomic mass is 10.1. The molecule has 0 spiro atoms. The number of alkyl halides is 3. The SMILES string of the molecule is CCCCC(C(N)=O)n1c(=O)n(CC(F)(F)F)c2cc(-c3cc(Cl)cc(Cl)c3)cnc21. The molecule has 1 unspecified atom stereocenters. The van der Waals surface area contributed by atoms with Crippen molar-refractivity contribution in [2.75, 3.05) is 0 Å². The van der Waals surface area contributed by atoms with Gasteiger partial charge in [-0.05, 0) is 36.2 Å². The van der Waals surface area contributed by atoms with Crippen molar-refractivity contribution in [1.82, 2.24) is 14.1 Å². The quantitative estimate of drug-likeness (QED) is 0.525. The molecule has 1 aromatic carbocycles. The molecule has 166 valence electrons. The Kier molecular flexibility index (Phi) is 6.66. The molecule has 1 atom stereocenters. The smallest absolute Gasteiger partial charge is 0.368 e. The van der Waals surface area contributed by atoms with Gasteiger partial charge >= 0.3 is 11.9 Å². The molecule has 2 N–H and O–H groups in total. The van der Waals surface area contributed by atoms with Crippen LogP contribution in [-0.4, -0.2) is 26.2 Å². The first-order chi connectivity index (χ1) is 14.5. The number of pyridine rings is 1. The van der Waals surface area contributed by atoms with E-state index in [0.29, 0.717) is 38.6 Å². The zero-order valence-electron chi connectivity index (χ0n) is 16.4. The highest BCUT2D eigenvalue weighted by Crippen LogP contribution is 2.30. The fourth-order valence-corrected chi connectivity index (χ4v) is 3.97. The summed E-state index contributed by atoms with van der Waals surface area (Å²) < 4.78 is 41.2. The molecule has 0 aliphatic heterocycles. The first-order valence-corrected chi connectivity index (χ1v) is 10.2. The van der Waals surface area contributed by atoms with Crippen molar-refractivity contribution >= 4 is 40.3 Å². The Labute approximate surface area is 185 Å². The van der Waals surface area contributed by atoms with Gasteiger partial charge < -0.3 is 5.73 Å². The van der Waals surface area contributed by atoms with Gasteiger partial charge in [-0.15, -0.1) is 0 Å². The van der Waals surface area contributed by atoms with E-state index >= 15 is 0 Å². The van der Waals surface area contributed by atoms with Gasteiger partial charge in [0.05, 0.1) is 5.52 Å². The van der Waals surface area contributed by atoms with Crippen LogP contribution in [0, 0.1) is 0 Å². The van der Waals surface area contributed by atoms with Crippen molar-refractivity contribution in [1.29, 1.82) is 0 Å². The summed E-state index contributed by atoms with van der Waals surface area (Å²) in [6, 6.07) is 4.95. The number of unbranched alkanes of at least 4 members (excludes halogenated alkanes) is 1. The molecular formula is C20H19Cl2F3N4O2. The predicted octanol–water partition coefficient (Wildman–Crippen LogP) is 4.95. The maximum absolute atomic E-state index is 13.2. The van der Waals surface area contributed by atoms with E-state index in [0.717, 1.165) is 4.57 Å². The number of nitrogens with zero attached hydrogens (tertiary/aromatic N) is 3. The number of primary amides is 1. The number of aromatic nitrogens is 3. The minimum Gasteiger partial charge on any atom is -0.368 e. The highest BCUT2D eigenvalue weighted by molar-refractivity contribution is 6.35. The number of hydrogen-bond acceptors (Lipinski definition) is 3. The van der Waals surface area contributed by atoms with E-state index in [2.05, 4.69) is 4.98 Å². The maximum Gasteiger partial charge on any atom is 0.406 e. The van der Waals surface area contributed by atoms with Gasteiger partial charge in [-0.25, -0.2) is 9.78 Å². The van der Waals surface area contributed by atoms with Gasteiger partial charge in [-0.2, -0.15) is 13.2 Å². The Morgan fingerprint density at radius 1 is 1.16 bits per heavy atom. The number of benzene rings is 1. The third kappa shape index (κ3) is 5.04. The van der Waals surface area contributed by atoms with E-state index in [9.17, 15) is 22.8 Å². The lowest BCUT2D eigenvalue weighted by Gasteiger charge is -2.14. The highest BCUT2D eigenvalue weighted by atomic mass is 35.5. The van der Waals surface area contributed by atoms with Crippen molar-refractivity contribution < 1.29 is 18.0 Å². The van der Waals surface area contributed by atoms with E-state index < -0.39 is 30.4 Å². The van der Waals surface area contributed by atoms with Crippen molar-refractivity contribution in [2.24, 2.45) is 5.73 Å². The fraction of sp³-hybridized carbons (Fsp3) is 0.350. The number of carbonyl (C=O) groups is 1. The maximum atomic E-state index is 13.2. The van der Waals surface area contributed by atoms with Crippen LogP contribution < -0.4 is 11.4 Å². The molecule has 0 radical (unpaired) electrons. The van der Waals surface area contributed by atoms with Crippen molar-refractivity contribution in [3.8, 4) is 11.1 Å². The van der Waals surface area contributed by atoms with Gasteiger partial charge in [0, 0.05) is 21.8 Å². The summed E-state index contributed by atoms with van der Waals surface area (Å²) in [7, 11) is 0. The van der Waals surface area contributed by atoms with Gasteiger partial charge in [0.2, 0.25) is 5.91 Å². The van der Waals surface area contributed by atoms with Crippen LogP contribution in [0.2, 0.25) is 10.0 Å². The first kappa shape index (κ1) is 23.1. The molecule has 0 aliphatic carbocycles. The summed E-state index contributed by atoms with van der Waals surface area (Å²) in [5, 5.41) is 0.669. The number of carbonyl (C=O) groups excluding carboxylic acids is 1. The topological polar surface area (TPSA) is 82.9 Å². The second-order valence-corrected chi connectivity index (χ2v) is 8.01. The fourth-order valence-electron chi connectivity index (χ4n) is 3.44. The summed E-state index contributed by atoms with van der Waals surface area (Å²) in [5.74, 6) is -0.811. The molecule has 3 rings (SSSR count). The number of halogens is 5. The molecule has 3 aromatic rings. The largest absolute Gasteiger partial charge is 0.406 e. The van der Waals surface area contributed by atoms with E-state index in [-0.39, 0.29) is 17.6 Å². The molecule has 31 heavy (non-hydrogen) atoms. The number of hydrogen-bond donors (Lipinski definition) is 1. The lowest BCUT2D eigenvalue weighted by molar-refractivity contribution is -0.140. The summed E-state index contributed by atoms with van der Waals surface area (Å²) >= 11 is 12.1. The molecule has 0 fully saturated rings. The Morgan fingerprint density at radius 2 is 1.81 bits per heavy atom. The Morgan fingerprint density at radius 3 is 2.35 bits per heavy atom. The molecule has 2 heterocycles. The van der Waals surface area contributed by atoms with Gasteiger partial charge in [-0.1, -0.05) is 43.0 Å². The standard InChI is InChI=1S/C20H19Cl2F3N4O2/c1-2-3-4-15(17(26)30)29-18-16(28(19(29)31)10-20(23,24)25)7-12(9-27-18)11-5-13(21)8-14(22)6-11/h5-9,15H,2-4,10H2,1H3,(H2,26,30). The van der Waals surface area contributed by atoms with E-state index in [1.54, 1.807) is 12.1 Å². The minimum absolute atomic E-state index is 0.0500. The van der Waals surface area contributed by atoms with Crippen LogP contribution in [0.1, 0.15) is 32.2 Å². The molecule has 0 bridgehead atoms. The number of amides is 1. The average Bonchev–Trinajstić information content (AvgIpc) is 2.91. The molecule has 0 saturated carbocycles. The molecule has 1 amide bonds. The van der Waals surface area contributed by atoms with Crippen molar-refractivity contribution in [3.63, 3.8) is 0 Å². The summed E-state index contributed by atoms with van der Waals surface area (Å²) in [6.07, 6.45) is -1.79. The summed E-state index contributed by atoms with van der Waals surface area (Å²) in [4.78, 5) is 29.2. The summed E-state index contributed by atoms with van der Waals surface area (Å²) in [6.45, 7) is 0.352. The third-order valence-corrected chi connectivity index (χ3v) is 5.24. The van der Waals surface area contributed by atoms with Crippen LogP contribution >= 0.6 is 23.2 Å². The number of nitrogens with two attached hydrogens (primary N) is 1. The van der Waals surface area contributed by atoms with Crippen LogP contribution in [0.4, 0.5) is 13.2 Å². The Hall–Kier alpha value is -2.52. The monoisotopic (exact) mass is 474 g/mol. The predicted molar refractivity (Wildman–Crippen MR) is 113 cm³/mol. The van der Waals surface area contributed by atoms with Crippen molar-refractivity contribution in [3.05, 3.63) is 51.0 Å². The molecule has 11 heteroatoms. The second-order valence-electron chi connectivity index (χ2n) is 7.14. The highest BCUT2D eigenvalue weighted by Gasteiger charge is 2.33. The average molecular weight is 475 g/mol. The minimum atomic E-state index is -4.66. The number of rotatable bonds is 7. The molecule has 0 saturated heterocycles. The van der Waals surface area contributed by atoms with Gasteiger partial charge in [-0.3, -0.25) is 13.9 Å². The number of fused-ring (bicyclic) bond motifs is 1. The normalized spacial score (nSPS) is 13.0. The van der Waals surface area contributed by atoms with Crippen LogP contribution in [0.5, 0.6) is 0 Å². The zero-order valence-corrected chi connectivity index (χ0v) is 17.9. The van der Waals surface area contributed by atoms with E-state index in [4.69, 9.17) is 28.9 Å². The molecular weight excluding hydrogens is 456 g/mol. The zero-order chi connectivity index (χ0) is 22.9. The van der Waals surface area contributed by atoms with E-state index in [1.807, 2.05) is 6.92 Å². The Bertz CT molecular complexity index is 1170. The van der Waals surface area contributed by atoms with E-state index in [1.165, 1.54) is 18.3 Å². The molecule has 0 aliphatic rings. The van der Waals surface area contributed by atoms with Crippen molar-refractivity contribution in [2.45, 2.75) is 44.9 Å². The summed E-state index contributed by atoms with van der Waals surface area (Å²) in [5.41, 5.74) is 5.28. The third-order valence-electron chi connectivity index (χ3n) is 4.81. The van der Waals surface area contributed by atoms with Crippen LogP contribution in [0.3, 0.4) is 0 Å². The lowest BCUT2D eigenvalue weighted by Crippen LogP contribution is -2.36. The second kappa shape index (κ2) is 8.92. The molecule has 6 nitrogen and oxygen atoms in total. The molecule has 2 aromatic heterocycles. The first-order valence-electron chi connectivity index (χ1n) is 9.45. The van der Waals surface area contributed by atoms with Gasteiger partial charge in [0.15, 0.2) is 5.65 Å². The van der Waals surface area contributed by atoms with Gasteiger partial charge in [0.25, 0.3) is 0 Å². The van der Waals surface area contributed by atoms with Crippen LogP contribution in [-0.2, 0) is 11.3 Å². The number of imidazole rings is 1. The van der Waals surface area contributed by atoms with Gasteiger partial charge in [0.1, 0.15) is 12.6 Å².